The zero-order valence-corrected chi connectivity index (χ0v) is 14.2. The molecule has 0 bridgehead atoms. The average molecular weight is 340 g/mol. The molecule has 0 unspecified atom stereocenters. The van der Waals surface area contributed by atoms with E-state index in [1.165, 1.54) is 0 Å². The predicted molar refractivity (Wildman–Crippen MR) is 89.4 cm³/mol. The topological polar surface area (TPSA) is 69.4 Å². The highest BCUT2D eigenvalue weighted by Gasteiger charge is 2.18. The molecule has 1 aliphatic rings. The molecule has 23 heavy (non-hydrogen) atoms. The summed E-state index contributed by atoms with van der Waals surface area (Å²) >= 11 is 0. The Kier molecular flexibility index (Phi) is 6.24. The first kappa shape index (κ1) is 17.6. The van der Waals surface area contributed by atoms with Crippen molar-refractivity contribution < 1.29 is 14.0 Å². The van der Waals surface area contributed by atoms with E-state index in [4.69, 9.17) is 14.0 Å². The van der Waals surface area contributed by atoms with Crippen LogP contribution in [0.4, 0.5) is 0 Å². The second-order valence-corrected chi connectivity index (χ2v) is 5.48. The van der Waals surface area contributed by atoms with Crippen LogP contribution in [0, 0.1) is 5.92 Å². The van der Waals surface area contributed by atoms with Gasteiger partial charge in [-0.3, -0.25) is 0 Å². The fourth-order valence-corrected chi connectivity index (χ4v) is 2.76. The molecule has 1 aromatic carbocycles. The lowest BCUT2D eigenvalue weighted by Crippen LogP contribution is -2.28. The second kappa shape index (κ2) is 8.17. The molecule has 6 nitrogen and oxygen atoms in total. The van der Waals surface area contributed by atoms with Gasteiger partial charge in [0.1, 0.15) is 0 Å². The third kappa shape index (κ3) is 4.14. The summed E-state index contributed by atoms with van der Waals surface area (Å²) in [6, 6.07) is 5.61. The van der Waals surface area contributed by atoms with E-state index in [0.717, 1.165) is 37.9 Å². The second-order valence-electron chi connectivity index (χ2n) is 5.48. The van der Waals surface area contributed by atoms with Crippen molar-refractivity contribution in [3.63, 3.8) is 0 Å². The van der Waals surface area contributed by atoms with Crippen LogP contribution in [-0.4, -0.2) is 37.4 Å². The minimum Gasteiger partial charge on any atom is -0.493 e. The number of hydrogen-bond donors (Lipinski definition) is 1. The summed E-state index contributed by atoms with van der Waals surface area (Å²) in [5, 5.41) is 7.45. The standard InChI is InChI=1S/C16H21N3O3.ClH/c1-20-13-4-3-12(10-14(13)21-2)16-18-15(22-19-16)9-11-5-7-17-8-6-11;/h3-4,10-11,17H,5-9H2,1-2H3;1H. The molecule has 0 amide bonds. The molecule has 7 heteroatoms. The summed E-state index contributed by atoms with van der Waals surface area (Å²) in [4.78, 5) is 4.51. The zero-order chi connectivity index (χ0) is 15.4. The summed E-state index contributed by atoms with van der Waals surface area (Å²) < 4.78 is 15.9. The Morgan fingerprint density at radius 1 is 1.17 bits per heavy atom. The minimum absolute atomic E-state index is 0. The van der Waals surface area contributed by atoms with Gasteiger partial charge in [-0.15, -0.1) is 12.4 Å². The quantitative estimate of drug-likeness (QED) is 0.903. The number of nitrogens with one attached hydrogen (secondary N) is 1. The van der Waals surface area contributed by atoms with Crippen molar-refractivity contribution in [2.45, 2.75) is 19.3 Å². The molecule has 0 atom stereocenters. The van der Waals surface area contributed by atoms with E-state index in [0.29, 0.717) is 29.1 Å². The number of aromatic nitrogens is 2. The van der Waals surface area contributed by atoms with Gasteiger partial charge in [-0.25, -0.2) is 0 Å². The summed E-state index contributed by atoms with van der Waals surface area (Å²) in [5.74, 6) is 3.26. The van der Waals surface area contributed by atoms with Crippen LogP contribution in [-0.2, 0) is 6.42 Å². The summed E-state index contributed by atoms with van der Waals surface area (Å²) in [5.41, 5.74) is 0.859. The predicted octanol–water partition coefficient (Wildman–Crippen LogP) is 2.72. The Morgan fingerprint density at radius 3 is 2.61 bits per heavy atom. The largest absolute Gasteiger partial charge is 0.493 e. The molecule has 2 aromatic rings. The highest BCUT2D eigenvalue weighted by molar-refractivity contribution is 5.85. The molecule has 0 spiro atoms. The number of piperidine rings is 1. The third-order valence-corrected chi connectivity index (χ3v) is 4.03. The molecule has 0 saturated carbocycles. The highest BCUT2D eigenvalue weighted by atomic mass is 35.5. The third-order valence-electron chi connectivity index (χ3n) is 4.03. The van der Waals surface area contributed by atoms with Crippen LogP contribution in [0.3, 0.4) is 0 Å². The molecular formula is C16H22ClN3O3. The summed E-state index contributed by atoms with van der Waals surface area (Å²) in [6.45, 7) is 2.14. The van der Waals surface area contributed by atoms with Gasteiger partial charge in [-0.2, -0.15) is 4.98 Å². The number of benzene rings is 1. The Labute approximate surface area is 142 Å². The average Bonchev–Trinajstić information content (AvgIpc) is 3.03. The molecule has 3 rings (SSSR count). The van der Waals surface area contributed by atoms with Gasteiger partial charge in [0, 0.05) is 12.0 Å². The van der Waals surface area contributed by atoms with Gasteiger partial charge in [-0.1, -0.05) is 5.16 Å². The number of methoxy groups -OCH3 is 2. The first-order valence-electron chi connectivity index (χ1n) is 7.56. The number of nitrogens with zero attached hydrogens (tertiary/aromatic N) is 2. The fourth-order valence-electron chi connectivity index (χ4n) is 2.76. The van der Waals surface area contributed by atoms with Gasteiger partial charge >= 0.3 is 0 Å². The van der Waals surface area contributed by atoms with Crippen molar-refractivity contribution in [2.24, 2.45) is 5.92 Å². The van der Waals surface area contributed by atoms with E-state index >= 15 is 0 Å². The molecule has 0 aliphatic carbocycles. The molecule has 1 aliphatic heterocycles. The lowest BCUT2D eigenvalue weighted by atomic mass is 9.95. The van der Waals surface area contributed by atoms with E-state index < -0.39 is 0 Å². The first-order chi connectivity index (χ1) is 10.8. The lowest BCUT2D eigenvalue weighted by molar-refractivity contribution is 0.313. The maximum absolute atomic E-state index is 5.40. The van der Waals surface area contributed by atoms with Gasteiger partial charge in [0.2, 0.25) is 11.7 Å². The van der Waals surface area contributed by atoms with Gasteiger partial charge in [0.05, 0.1) is 14.2 Å². The number of hydrogen-bond acceptors (Lipinski definition) is 6. The van der Waals surface area contributed by atoms with E-state index in [2.05, 4.69) is 15.5 Å². The van der Waals surface area contributed by atoms with Gasteiger partial charge in [0.25, 0.3) is 0 Å². The number of halogens is 1. The highest BCUT2D eigenvalue weighted by Crippen LogP contribution is 2.31. The maximum atomic E-state index is 5.40. The van der Waals surface area contributed by atoms with E-state index in [1.807, 2.05) is 18.2 Å². The normalized spacial score (nSPS) is 15.0. The molecule has 1 N–H and O–H groups in total. The van der Waals surface area contributed by atoms with Crippen molar-refractivity contribution in [3.8, 4) is 22.9 Å². The maximum Gasteiger partial charge on any atom is 0.227 e. The Balaban J connectivity index is 0.00000192. The van der Waals surface area contributed by atoms with Crippen molar-refractivity contribution in [1.29, 1.82) is 0 Å². The Morgan fingerprint density at radius 2 is 1.91 bits per heavy atom. The van der Waals surface area contributed by atoms with Crippen LogP contribution in [0.5, 0.6) is 11.5 Å². The van der Waals surface area contributed by atoms with Gasteiger partial charge in [0.15, 0.2) is 11.5 Å². The molecule has 0 radical (unpaired) electrons. The SMILES string of the molecule is COc1ccc(-c2noc(CC3CCNCC3)n2)cc1OC.Cl. The zero-order valence-electron chi connectivity index (χ0n) is 13.4. The van der Waals surface area contributed by atoms with E-state index in [1.54, 1.807) is 14.2 Å². The fraction of sp³-hybridized carbons (Fsp3) is 0.500. The molecular weight excluding hydrogens is 318 g/mol. The molecule has 1 fully saturated rings. The van der Waals surface area contributed by atoms with Crippen LogP contribution in [0.1, 0.15) is 18.7 Å². The first-order valence-corrected chi connectivity index (χ1v) is 7.56. The van der Waals surface area contributed by atoms with Crippen molar-refractivity contribution in [3.05, 3.63) is 24.1 Å². The molecule has 2 heterocycles. The van der Waals surface area contributed by atoms with Crippen LogP contribution >= 0.6 is 12.4 Å². The van der Waals surface area contributed by atoms with Gasteiger partial charge < -0.3 is 19.3 Å². The monoisotopic (exact) mass is 339 g/mol. The van der Waals surface area contributed by atoms with Gasteiger partial charge in [-0.05, 0) is 50.0 Å². The number of ether oxygens (including phenoxy) is 2. The lowest BCUT2D eigenvalue weighted by Gasteiger charge is -2.20. The van der Waals surface area contributed by atoms with Crippen molar-refractivity contribution in [2.75, 3.05) is 27.3 Å². The van der Waals surface area contributed by atoms with Crippen LogP contribution in [0.25, 0.3) is 11.4 Å². The van der Waals surface area contributed by atoms with Crippen LogP contribution < -0.4 is 14.8 Å². The minimum atomic E-state index is 0. The van der Waals surface area contributed by atoms with Crippen molar-refractivity contribution >= 4 is 12.4 Å². The van der Waals surface area contributed by atoms with Crippen LogP contribution in [0.2, 0.25) is 0 Å². The van der Waals surface area contributed by atoms with Crippen molar-refractivity contribution in [1.82, 2.24) is 15.5 Å². The van der Waals surface area contributed by atoms with Crippen LogP contribution in [0.15, 0.2) is 22.7 Å². The summed E-state index contributed by atoms with van der Waals surface area (Å²) in [6.07, 6.45) is 3.17. The Bertz CT molecular complexity index is 627. The van der Waals surface area contributed by atoms with E-state index in [9.17, 15) is 0 Å². The summed E-state index contributed by atoms with van der Waals surface area (Å²) in [7, 11) is 3.23. The molecule has 1 saturated heterocycles. The molecule has 126 valence electrons. The van der Waals surface area contributed by atoms with E-state index in [-0.39, 0.29) is 12.4 Å². The molecule has 1 aromatic heterocycles. The Hall–Kier alpha value is -1.79. The smallest absolute Gasteiger partial charge is 0.227 e. The number of rotatable bonds is 5.